The number of likely N-dealkylation sites (N-methyl/N-ethyl adjacent to an activating group) is 1. The smallest absolute Gasteiger partial charge is 0.390 e. The Morgan fingerprint density at radius 2 is 1.67 bits per heavy atom. The summed E-state index contributed by atoms with van der Waals surface area (Å²) in [6, 6.07) is 0. The molecule has 0 aliphatic rings. The number of aromatic nitrogens is 1. The summed E-state index contributed by atoms with van der Waals surface area (Å²) in [5, 5.41) is 0. The number of alkyl halides is 3. The van der Waals surface area contributed by atoms with Crippen molar-refractivity contribution in [1.29, 1.82) is 0 Å². The van der Waals surface area contributed by atoms with Crippen LogP contribution in [0.15, 0.2) is 0 Å². The molecule has 1 aromatic heterocycles. The molecule has 6 nitrogen and oxygen atoms in total. The molecule has 1 amide bonds. The Balaban J connectivity index is 3.09. The van der Waals surface area contributed by atoms with Gasteiger partial charge in [0.1, 0.15) is 5.69 Å². The van der Waals surface area contributed by atoms with Gasteiger partial charge in [-0.2, -0.15) is 13.2 Å². The average Bonchev–Trinajstić information content (AvgIpc) is 2.90. The van der Waals surface area contributed by atoms with Gasteiger partial charge in [0, 0.05) is 25.3 Å². The first-order chi connectivity index (χ1) is 12.6. The van der Waals surface area contributed by atoms with Gasteiger partial charge in [0.2, 0.25) is 0 Å². The first kappa shape index (κ1) is 23.0. The lowest BCUT2D eigenvalue weighted by molar-refractivity contribution is -0.136. The summed E-state index contributed by atoms with van der Waals surface area (Å²) in [6.07, 6.45) is -5.44. The number of nitrogens with one attached hydrogen (secondary N) is 1. The number of carbonyl (C=O) groups excluding carboxylic acids is 2. The fourth-order valence-corrected chi connectivity index (χ4v) is 2.91. The zero-order chi connectivity index (χ0) is 20.8. The van der Waals surface area contributed by atoms with E-state index < -0.39 is 31.0 Å². The van der Waals surface area contributed by atoms with E-state index in [-0.39, 0.29) is 17.8 Å². The average molecular weight is 391 g/mol. The molecule has 0 fully saturated rings. The number of halogens is 3. The zero-order valence-corrected chi connectivity index (χ0v) is 16.5. The van der Waals surface area contributed by atoms with Gasteiger partial charge in [-0.05, 0) is 32.5 Å². The van der Waals surface area contributed by atoms with Crippen molar-refractivity contribution in [2.75, 3.05) is 39.8 Å². The molecule has 0 spiro atoms. The highest BCUT2D eigenvalue weighted by atomic mass is 19.4. The van der Waals surface area contributed by atoms with Gasteiger partial charge in [-0.3, -0.25) is 4.79 Å². The number of methoxy groups -OCH3 is 1. The Kier molecular flexibility index (Phi) is 8.33. The first-order valence-corrected chi connectivity index (χ1v) is 8.91. The van der Waals surface area contributed by atoms with E-state index in [9.17, 15) is 22.8 Å². The van der Waals surface area contributed by atoms with E-state index in [4.69, 9.17) is 4.74 Å². The van der Waals surface area contributed by atoms with Crippen molar-refractivity contribution < 1.29 is 27.5 Å². The third-order valence-electron chi connectivity index (χ3n) is 4.57. The molecule has 0 saturated heterocycles. The van der Waals surface area contributed by atoms with Crippen LogP contribution in [0.5, 0.6) is 0 Å². The fraction of sp³-hybridized carbons (Fsp3) is 0.667. The van der Waals surface area contributed by atoms with Crippen molar-refractivity contribution in [3.63, 3.8) is 0 Å². The molecule has 1 rings (SSSR count). The van der Waals surface area contributed by atoms with Crippen LogP contribution in [-0.4, -0.2) is 72.7 Å². The molecule has 0 aliphatic carbocycles. The third-order valence-corrected chi connectivity index (χ3v) is 4.57. The van der Waals surface area contributed by atoms with E-state index in [0.29, 0.717) is 17.8 Å². The second-order valence-electron chi connectivity index (χ2n) is 6.30. The predicted molar refractivity (Wildman–Crippen MR) is 96.0 cm³/mol. The molecule has 0 saturated carbocycles. The number of esters is 1. The quantitative estimate of drug-likeness (QED) is 0.657. The molecular weight excluding hydrogens is 363 g/mol. The summed E-state index contributed by atoms with van der Waals surface area (Å²) in [7, 11) is 1.23. The lowest BCUT2D eigenvalue weighted by Gasteiger charge is -2.27. The number of amides is 1. The summed E-state index contributed by atoms with van der Waals surface area (Å²) >= 11 is 0. The van der Waals surface area contributed by atoms with Crippen LogP contribution in [0.3, 0.4) is 0 Å². The molecule has 0 aliphatic heterocycles. The molecule has 1 heterocycles. The lowest BCUT2D eigenvalue weighted by atomic mass is 10.1. The minimum atomic E-state index is -4.36. The standard InChI is InChI=1S/C18H28F3N3O3/c1-6-23(7-2)10-11-24(9-8-18(19,20)21)16(25)15-12(3)14(13(4)22-15)17(26)27-5/h22H,6-11H2,1-5H3. The van der Waals surface area contributed by atoms with Gasteiger partial charge >= 0.3 is 12.1 Å². The summed E-state index contributed by atoms with van der Waals surface area (Å²) in [4.78, 5) is 30.8. The number of H-pyrrole nitrogens is 1. The molecule has 9 heteroatoms. The number of aromatic amines is 1. The normalized spacial score (nSPS) is 11.7. The zero-order valence-electron chi connectivity index (χ0n) is 16.5. The van der Waals surface area contributed by atoms with Crippen LogP contribution >= 0.6 is 0 Å². The van der Waals surface area contributed by atoms with Crippen molar-refractivity contribution in [2.24, 2.45) is 0 Å². The molecule has 0 unspecified atom stereocenters. The van der Waals surface area contributed by atoms with Crippen molar-refractivity contribution in [2.45, 2.75) is 40.3 Å². The number of hydrogen-bond acceptors (Lipinski definition) is 4. The maximum atomic E-state index is 12.9. The number of ether oxygens (including phenoxy) is 1. The number of aryl methyl sites for hydroxylation is 1. The molecule has 154 valence electrons. The van der Waals surface area contributed by atoms with Crippen LogP contribution in [-0.2, 0) is 4.74 Å². The third kappa shape index (κ3) is 6.27. The van der Waals surface area contributed by atoms with E-state index in [1.165, 1.54) is 12.0 Å². The van der Waals surface area contributed by atoms with E-state index in [0.717, 1.165) is 13.1 Å². The van der Waals surface area contributed by atoms with Gasteiger partial charge in [0.05, 0.1) is 19.1 Å². The van der Waals surface area contributed by atoms with Gasteiger partial charge < -0.3 is 19.5 Å². The highest BCUT2D eigenvalue weighted by Crippen LogP contribution is 2.23. The van der Waals surface area contributed by atoms with Gasteiger partial charge in [0.15, 0.2) is 0 Å². The Hall–Kier alpha value is -2.03. The Labute approximate surface area is 157 Å². The summed E-state index contributed by atoms with van der Waals surface area (Å²) in [6.45, 7) is 8.78. The number of nitrogens with zero attached hydrogens (tertiary/aromatic N) is 2. The molecule has 0 bridgehead atoms. The van der Waals surface area contributed by atoms with Crippen LogP contribution in [0.1, 0.15) is 52.4 Å². The second-order valence-corrected chi connectivity index (χ2v) is 6.30. The highest BCUT2D eigenvalue weighted by Gasteiger charge is 2.31. The van der Waals surface area contributed by atoms with E-state index in [1.54, 1.807) is 13.8 Å². The molecule has 1 N–H and O–H groups in total. The van der Waals surface area contributed by atoms with E-state index in [1.807, 2.05) is 18.7 Å². The monoisotopic (exact) mass is 391 g/mol. The van der Waals surface area contributed by atoms with Crippen molar-refractivity contribution in [1.82, 2.24) is 14.8 Å². The number of carbonyl (C=O) groups is 2. The maximum absolute atomic E-state index is 12.9. The van der Waals surface area contributed by atoms with Crippen LogP contribution in [0.25, 0.3) is 0 Å². The van der Waals surface area contributed by atoms with Crippen LogP contribution in [0.4, 0.5) is 13.2 Å². The van der Waals surface area contributed by atoms with Gasteiger partial charge in [-0.15, -0.1) is 0 Å². The molecule has 0 radical (unpaired) electrons. The van der Waals surface area contributed by atoms with Gasteiger partial charge in [0.25, 0.3) is 5.91 Å². The summed E-state index contributed by atoms with van der Waals surface area (Å²) in [5.74, 6) is -1.15. The predicted octanol–water partition coefficient (Wildman–Crippen LogP) is 3.15. The van der Waals surface area contributed by atoms with Gasteiger partial charge in [-0.1, -0.05) is 13.8 Å². The Morgan fingerprint density at radius 1 is 1.07 bits per heavy atom. The second kappa shape index (κ2) is 9.77. The van der Waals surface area contributed by atoms with Crippen molar-refractivity contribution >= 4 is 11.9 Å². The highest BCUT2D eigenvalue weighted by molar-refractivity contribution is 6.00. The summed E-state index contributed by atoms with van der Waals surface area (Å²) < 4.78 is 42.8. The van der Waals surface area contributed by atoms with Crippen molar-refractivity contribution in [3.8, 4) is 0 Å². The fourth-order valence-electron chi connectivity index (χ4n) is 2.91. The maximum Gasteiger partial charge on any atom is 0.390 e. The summed E-state index contributed by atoms with van der Waals surface area (Å²) in [5.41, 5.74) is 1.18. The Morgan fingerprint density at radius 3 is 2.15 bits per heavy atom. The topological polar surface area (TPSA) is 65.6 Å². The molecule has 27 heavy (non-hydrogen) atoms. The molecule has 0 atom stereocenters. The first-order valence-electron chi connectivity index (χ1n) is 8.91. The van der Waals surface area contributed by atoms with Crippen LogP contribution < -0.4 is 0 Å². The minimum Gasteiger partial charge on any atom is -0.465 e. The molecule has 1 aromatic rings. The van der Waals surface area contributed by atoms with Crippen molar-refractivity contribution in [3.05, 3.63) is 22.5 Å². The van der Waals surface area contributed by atoms with E-state index in [2.05, 4.69) is 4.98 Å². The van der Waals surface area contributed by atoms with Gasteiger partial charge in [-0.25, -0.2) is 4.79 Å². The minimum absolute atomic E-state index is 0.120. The number of hydrogen-bond donors (Lipinski definition) is 1. The number of rotatable bonds is 9. The largest absolute Gasteiger partial charge is 0.465 e. The Bertz CT molecular complexity index is 652. The SMILES string of the molecule is CCN(CC)CCN(CCC(F)(F)F)C(=O)c1[nH]c(C)c(C(=O)OC)c1C. The van der Waals surface area contributed by atoms with Crippen LogP contribution in [0.2, 0.25) is 0 Å². The van der Waals surface area contributed by atoms with Crippen LogP contribution in [0, 0.1) is 13.8 Å². The molecule has 0 aromatic carbocycles. The van der Waals surface area contributed by atoms with E-state index >= 15 is 0 Å². The molecular formula is C18H28F3N3O3. The lowest BCUT2D eigenvalue weighted by Crippen LogP contribution is -2.40.